The molecule has 3 rings (SSSR count). The standard InChI is InChI=1S/C31H36N8O12/c1-48-30(46)51-37-26(33)20-8-10-22(11-9-20)27(43)34-12-2-3-23-29(45)38(17-25(41)42)13-14-39(23)24(40)16-35-28(44)21-6-4-19(5-7-21)15-36-50-31(47)49-18-32/h4-11,15,23H,2-3,12-14,16-18,32H2,1H3,(H2,33,37)(H,34,43)(H,35,44)(H,41,42)/b36-15+/t23-/m0/s1. The number of benzene rings is 2. The lowest BCUT2D eigenvalue weighted by atomic mass is 10.0. The smallest absolute Gasteiger partial charge is 0.480 e. The van der Waals surface area contributed by atoms with Crippen molar-refractivity contribution in [2.45, 2.75) is 18.9 Å². The molecule has 0 spiro atoms. The van der Waals surface area contributed by atoms with Gasteiger partial charge in [0.05, 0.1) is 19.9 Å². The highest BCUT2D eigenvalue weighted by Crippen LogP contribution is 2.17. The Morgan fingerprint density at radius 3 is 2.18 bits per heavy atom. The molecule has 0 unspecified atom stereocenters. The Bertz CT molecular complexity index is 1650. The molecule has 7 N–H and O–H groups in total. The van der Waals surface area contributed by atoms with Gasteiger partial charge in [0, 0.05) is 36.3 Å². The first-order chi connectivity index (χ1) is 24.4. The second-order valence-corrected chi connectivity index (χ2v) is 10.4. The molecular weight excluding hydrogens is 676 g/mol. The first kappa shape index (κ1) is 38.9. The Hall–Kier alpha value is -6.57. The second-order valence-electron chi connectivity index (χ2n) is 10.4. The summed E-state index contributed by atoms with van der Waals surface area (Å²) in [5.74, 6) is -3.50. The number of hydrogen-bond acceptors (Lipinski definition) is 14. The molecule has 1 atom stereocenters. The molecular formula is C31H36N8O12. The van der Waals surface area contributed by atoms with E-state index in [9.17, 15) is 38.7 Å². The van der Waals surface area contributed by atoms with E-state index >= 15 is 0 Å². The molecule has 0 saturated carbocycles. The molecule has 1 aliphatic heterocycles. The number of rotatable bonds is 15. The van der Waals surface area contributed by atoms with Gasteiger partial charge in [0.15, 0.2) is 5.84 Å². The third-order valence-electron chi connectivity index (χ3n) is 7.10. The number of hydrogen-bond donors (Lipinski definition) is 5. The van der Waals surface area contributed by atoms with Crippen LogP contribution in [-0.4, -0.2) is 121 Å². The molecule has 2 aromatic carbocycles. The van der Waals surface area contributed by atoms with E-state index in [2.05, 4.69) is 40.1 Å². The van der Waals surface area contributed by atoms with Gasteiger partial charge >= 0.3 is 18.3 Å². The van der Waals surface area contributed by atoms with Crippen molar-refractivity contribution in [2.75, 3.05) is 46.6 Å². The van der Waals surface area contributed by atoms with Gasteiger partial charge in [-0.05, 0) is 42.7 Å². The average molecular weight is 713 g/mol. The van der Waals surface area contributed by atoms with Crippen molar-refractivity contribution in [3.05, 3.63) is 70.8 Å². The minimum Gasteiger partial charge on any atom is -0.480 e. The van der Waals surface area contributed by atoms with Crippen LogP contribution in [0.5, 0.6) is 0 Å². The summed E-state index contributed by atoms with van der Waals surface area (Å²) in [4.78, 5) is 96.6. The fraction of sp³-hybridized carbons (Fsp3) is 0.323. The van der Waals surface area contributed by atoms with Gasteiger partial charge in [-0.25, -0.2) is 9.59 Å². The minimum absolute atomic E-state index is 0.0191. The summed E-state index contributed by atoms with van der Waals surface area (Å²) in [6.45, 7) is -1.24. The monoisotopic (exact) mass is 712 g/mol. The molecule has 2 aromatic rings. The summed E-state index contributed by atoms with van der Waals surface area (Å²) in [6.07, 6.45) is -0.594. The fourth-order valence-electron chi connectivity index (χ4n) is 4.61. The summed E-state index contributed by atoms with van der Waals surface area (Å²) in [7, 11) is 1.11. The largest absolute Gasteiger partial charge is 0.536 e. The lowest BCUT2D eigenvalue weighted by Crippen LogP contribution is -2.60. The number of amides is 4. The van der Waals surface area contributed by atoms with Crippen LogP contribution in [0.3, 0.4) is 0 Å². The van der Waals surface area contributed by atoms with E-state index in [1.165, 1.54) is 59.6 Å². The molecule has 1 saturated heterocycles. The summed E-state index contributed by atoms with van der Waals surface area (Å²) in [5.41, 5.74) is 12.1. The van der Waals surface area contributed by atoms with Gasteiger partial charge in [0.25, 0.3) is 11.8 Å². The van der Waals surface area contributed by atoms with Crippen molar-refractivity contribution in [2.24, 2.45) is 21.8 Å². The highest BCUT2D eigenvalue weighted by Gasteiger charge is 2.37. The number of methoxy groups -OCH3 is 1. The van der Waals surface area contributed by atoms with E-state index in [1.807, 2.05) is 0 Å². The summed E-state index contributed by atoms with van der Waals surface area (Å²) in [6, 6.07) is 10.8. The number of aliphatic carboxylic acids is 1. The first-order valence-corrected chi connectivity index (χ1v) is 15.2. The highest BCUT2D eigenvalue weighted by molar-refractivity contribution is 6.00. The third kappa shape index (κ3) is 12.1. The van der Waals surface area contributed by atoms with Crippen LogP contribution in [0.15, 0.2) is 58.8 Å². The normalized spacial score (nSPS) is 14.4. The van der Waals surface area contributed by atoms with Crippen molar-refractivity contribution in [3.63, 3.8) is 0 Å². The molecule has 51 heavy (non-hydrogen) atoms. The molecule has 4 amide bonds. The van der Waals surface area contributed by atoms with Gasteiger partial charge in [-0.3, -0.25) is 39.4 Å². The van der Waals surface area contributed by atoms with Crippen LogP contribution in [0.25, 0.3) is 0 Å². The number of carboxylic acids is 1. The Kier molecular flexibility index (Phi) is 14.8. The average Bonchev–Trinajstić information content (AvgIpc) is 3.12. The van der Waals surface area contributed by atoms with Crippen molar-refractivity contribution in [3.8, 4) is 0 Å². The Morgan fingerprint density at radius 1 is 0.922 bits per heavy atom. The minimum atomic E-state index is -1.21. The number of nitrogens with two attached hydrogens (primary N) is 2. The maximum absolute atomic E-state index is 13.2. The number of carbonyl (C=O) groups excluding carboxylic acids is 6. The van der Waals surface area contributed by atoms with E-state index in [-0.39, 0.29) is 56.2 Å². The predicted molar refractivity (Wildman–Crippen MR) is 175 cm³/mol. The Labute approximate surface area is 290 Å². The van der Waals surface area contributed by atoms with Crippen LogP contribution in [0.4, 0.5) is 9.59 Å². The number of carboxylic acid groups (broad SMARTS) is 1. The third-order valence-corrected chi connectivity index (χ3v) is 7.10. The number of carbonyl (C=O) groups is 7. The van der Waals surface area contributed by atoms with E-state index in [0.717, 1.165) is 12.0 Å². The zero-order valence-electron chi connectivity index (χ0n) is 27.3. The Balaban J connectivity index is 1.55. The molecule has 0 aliphatic carbocycles. The van der Waals surface area contributed by atoms with Crippen molar-refractivity contribution >= 4 is 54.0 Å². The molecule has 20 heteroatoms. The van der Waals surface area contributed by atoms with Gasteiger partial charge in [0.2, 0.25) is 11.8 Å². The lowest BCUT2D eigenvalue weighted by molar-refractivity contribution is -0.155. The number of amidine groups is 1. The van der Waals surface area contributed by atoms with Gasteiger partial charge in [-0.15, -0.1) is 0 Å². The van der Waals surface area contributed by atoms with Gasteiger partial charge < -0.3 is 40.7 Å². The zero-order valence-corrected chi connectivity index (χ0v) is 27.3. The molecule has 272 valence electrons. The van der Waals surface area contributed by atoms with Crippen molar-refractivity contribution in [1.29, 1.82) is 0 Å². The number of ether oxygens (including phenoxy) is 2. The molecule has 0 radical (unpaired) electrons. The van der Waals surface area contributed by atoms with E-state index in [0.29, 0.717) is 11.1 Å². The van der Waals surface area contributed by atoms with E-state index in [1.54, 1.807) is 0 Å². The summed E-state index contributed by atoms with van der Waals surface area (Å²) >= 11 is 0. The summed E-state index contributed by atoms with van der Waals surface area (Å²) < 4.78 is 8.66. The van der Waals surface area contributed by atoms with E-state index in [4.69, 9.17) is 11.5 Å². The summed E-state index contributed by atoms with van der Waals surface area (Å²) in [5, 5.41) is 21.3. The van der Waals surface area contributed by atoms with Crippen LogP contribution in [-0.2, 0) is 33.5 Å². The quantitative estimate of drug-likeness (QED) is 0.0298. The van der Waals surface area contributed by atoms with Crippen molar-refractivity contribution in [1.82, 2.24) is 20.4 Å². The first-order valence-electron chi connectivity index (χ1n) is 15.2. The fourth-order valence-corrected chi connectivity index (χ4v) is 4.61. The number of piperazine rings is 1. The van der Waals surface area contributed by atoms with Crippen molar-refractivity contribution < 1.29 is 57.8 Å². The SMILES string of the molecule is COC(=O)O/N=C(\N)c1ccc(C(=O)NCCC[C@H]2C(=O)N(CC(=O)O)CCN2C(=O)CNC(=O)c2ccc(/C=N/OC(=O)OCN)cc2)cc1. The number of nitrogens with one attached hydrogen (secondary N) is 2. The Morgan fingerprint density at radius 2 is 1.55 bits per heavy atom. The maximum Gasteiger partial charge on any atom is 0.536 e. The van der Waals surface area contributed by atoms with Crippen LogP contribution in [0, 0.1) is 0 Å². The van der Waals surface area contributed by atoms with Crippen LogP contribution in [0.2, 0.25) is 0 Å². The van der Waals surface area contributed by atoms with Crippen LogP contribution < -0.4 is 22.1 Å². The maximum atomic E-state index is 13.2. The van der Waals surface area contributed by atoms with Gasteiger partial charge in [0.1, 0.15) is 19.3 Å². The molecule has 1 fully saturated rings. The number of oxime groups is 2. The molecule has 1 heterocycles. The molecule has 0 aromatic heterocycles. The second kappa shape index (κ2) is 19.4. The van der Waals surface area contributed by atoms with Crippen LogP contribution >= 0.6 is 0 Å². The molecule has 0 bridgehead atoms. The topological polar surface area (TPSA) is 284 Å². The predicted octanol–water partition coefficient (Wildman–Crippen LogP) is -0.443. The van der Waals surface area contributed by atoms with Crippen LogP contribution in [0.1, 0.15) is 44.7 Å². The number of nitrogens with zero attached hydrogens (tertiary/aromatic N) is 4. The zero-order chi connectivity index (χ0) is 37.3. The lowest BCUT2D eigenvalue weighted by Gasteiger charge is -2.40. The van der Waals surface area contributed by atoms with Gasteiger partial charge in [-0.2, -0.15) is 0 Å². The molecule has 20 nitrogen and oxygen atoms in total. The highest BCUT2D eigenvalue weighted by atomic mass is 16.8. The van der Waals surface area contributed by atoms with Gasteiger partial charge in [-0.1, -0.05) is 34.6 Å². The van der Waals surface area contributed by atoms with E-state index < -0.39 is 61.0 Å². The molecule has 1 aliphatic rings.